The first-order chi connectivity index (χ1) is 36.9. The molecule has 9 rings (SSSR count). The average Bonchev–Trinajstić information content (AvgIpc) is 3.38. The number of hydrogen-bond acceptors (Lipinski definition) is 15. The van der Waals surface area contributed by atoms with Crippen molar-refractivity contribution in [2.24, 2.45) is 9.98 Å². The molecule has 0 fully saturated rings. The predicted molar refractivity (Wildman–Crippen MR) is 316 cm³/mol. The van der Waals surface area contributed by atoms with Crippen molar-refractivity contribution >= 4 is 105 Å². The van der Waals surface area contributed by atoms with E-state index in [9.17, 15) is 0 Å². The van der Waals surface area contributed by atoms with Gasteiger partial charge in [0.2, 0.25) is 51.9 Å². The molecule has 1 aliphatic rings. The molecule has 1 atom stereocenters. The molecule has 4 aromatic heterocycles. The molecule has 0 bridgehead atoms. The second-order valence-electron chi connectivity index (χ2n) is 19.3. The summed E-state index contributed by atoms with van der Waals surface area (Å²) >= 11 is 18.2. The van der Waals surface area contributed by atoms with Gasteiger partial charge < -0.3 is 31.9 Å². The number of aryl methyl sites for hydroxylation is 2. The van der Waals surface area contributed by atoms with Gasteiger partial charge in [-0.15, -0.1) is 0 Å². The van der Waals surface area contributed by atoms with Crippen LogP contribution in [-0.4, -0.2) is 103 Å². The first kappa shape index (κ1) is 56.7. The second kappa shape index (κ2) is 27.1. The Morgan fingerprint density at radius 3 is 1.38 bits per heavy atom. The lowest BCUT2D eigenvalue weighted by Crippen LogP contribution is -2.43. The summed E-state index contributed by atoms with van der Waals surface area (Å²) < 4.78 is 5.63. The van der Waals surface area contributed by atoms with E-state index >= 15 is 0 Å². The van der Waals surface area contributed by atoms with Crippen LogP contribution < -0.4 is 55.3 Å². The molecule has 5 heterocycles. The summed E-state index contributed by atoms with van der Waals surface area (Å²) in [6, 6.07) is 44.2. The van der Waals surface area contributed by atoms with Crippen molar-refractivity contribution in [3.63, 3.8) is 0 Å². The number of nitrogens with zero attached hydrogens (tertiary/aromatic N) is 12. The third kappa shape index (κ3) is 19.2. The minimum Gasteiger partial charge on any atom is -0.348 e. The molecule has 0 aliphatic carbocycles. The van der Waals surface area contributed by atoms with Crippen molar-refractivity contribution in [3.05, 3.63) is 180 Å². The fourth-order valence-corrected chi connectivity index (χ4v) is 7.68. The summed E-state index contributed by atoms with van der Waals surface area (Å²) in [5, 5.41) is 22.6. The molecule has 4 aromatic carbocycles. The number of nitrogens with one attached hydrogen (secondary N) is 7. The predicted octanol–water partition coefficient (Wildman–Crippen LogP) is 9.39. The molecule has 1 aliphatic heterocycles. The van der Waals surface area contributed by atoms with Gasteiger partial charge in [-0.3, -0.25) is 14.3 Å². The fraction of sp³-hybridized carbons (Fsp3) is 0.236. The first-order valence-electron chi connectivity index (χ1n) is 24.7. The van der Waals surface area contributed by atoms with E-state index in [1.165, 1.54) is 16.9 Å². The van der Waals surface area contributed by atoms with Gasteiger partial charge in [-0.2, -0.15) is 29.9 Å². The van der Waals surface area contributed by atoms with Crippen LogP contribution in [-0.2, 0) is 13.1 Å². The number of guanidine groups is 2. The van der Waals surface area contributed by atoms with Gasteiger partial charge in [0, 0.05) is 65.2 Å². The zero-order valence-corrected chi connectivity index (χ0v) is 46.7. The van der Waals surface area contributed by atoms with Gasteiger partial charge in [0.25, 0.3) is 0 Å². The summed E-state index contributed by atoms with van der Waals surface area (Å²) in [4.78, 5) is 33.8. The molecule has 0 radical (unpaired) electrons. The average molecular weight is 1100 g/mol. The number of pyridine rings is 2. The summed E-state index contributed by atoms with van der Waals surface area (Å²) in [6.07, 6.45) is 8.04. The van der Waals surface area contributed by atoms with Crippen LogP contribution in [0, 0.1) is 13.8 Å². The van der Waals surface area contributed by atoms with E-state index in [1.807, 2.05) is 148 Å². The zero-order chi connectivity index (χ0) is 54.8. The van der Waals surface area contributed by atoms with Crippen molar-refractivity contribution in [1.29, 1.82) is 0 Å². The number of alkyl halides is 1. The van der Waals surface area contributed by atoms with E-state index in [-0.39, 0.29) is 10.6 Å². The monoisotopic (exact) mass is 1100 g/mol. The van der Waals surface area contributed by atoms with Crippen LogP contribution in [0.1, 0.15) is 11.1 Å². The Balaban J connectivity index is 0.000000168. The van der Waals surface area contributed by atoms with Crippen LogP contribution in [0.25, 0.3) is 0 Å². The largest absolute Gasteiger partial charge is 0.348 e. The van der Waals surface area contributed by atoms with Crippen LogP contribution in [0.15, 0.2) is 168 Å². The summed E-state index contributed by atoms with van der Waals surface area (Å²) in [5.74, 6) is 2.80. The maximum atomic E-state index is 6.18. The Morgan fingerprint density at radius 1 is 0.455 bits per heavy atom. The summed E-state index contributed by atoms with van der Waals surface area (Å²) in [6.45, 7) is 7.06. The summed E-state index contributed by atoms with van der Waals surface area (Å²) in [7, 11) is 12.7. The highest BCUT2D eigenvalue weighted by Crippen LogP contribution is 2.24. The highest BCUT2D eigenvalue weighted by atomic mass is 35.5. The highest BCUT2D eigenvalue weighted by molar-refractivity contribution is 6.28. The van der Waals surface area contributed by atoms with E-state index in [4.69, 9.17) is 34.8 Å². The molecule has 19 nitrogen and oxygen atoms in total. The molecule has 22 heteroatoms. The number of benzene rings is 4. The van der Waals surface area contributed by atoms with Crippen LogP contribution >= 0.6 is 34.8 Å². The molecule has 398 valence electrons. The Hall–Kier alpha value is -8.07. The Morgan fingerprint density at radius 2 is 0.896 bits per heavy atom. The van der Waals surface area contributed by atoms with Gasteiger partial charge >= 0.3 is 0 Å². The minimum absolute atomic E-state index is 0.125. The molecule has 0 saturated heterocycles. The number of halogens is 3. The van der Waals surface area contributed by atoms with Crippen LogP contribution in [0.4, 0.5) is 57.9 Å². The van der Waals surface area contributed by atoms with Crippen LogP contribution in [0.2, 0.25) is 10.6 Å². The first-order valence-corrected chi connectivity index (χ1v) is 25.9. The van der Waals surface area contributed by atoms with E-state index in [2.05, 4.69) is 153 Å². The lowest BCUT2D eigenvalue weighted by molar-refractivity contribution is -0.694. The van der Waals surface area contributed by atoms with Crippen molar-refractivity contribution in [1.82, 2.24) is 44.2 Å². The number of quaternary nitrogens is 2. The maximum Gasteiger partial charge on any atom is 0.233 e. The van der Waals surface area contributed by atoms with Crippen LogP contribution in [0.5, 0.6) is 0 Å². The molecule has 0 saturated carbocycles. The van der Waals surface area contributed by atoms with Gasteiger partial charge in [0.1, 0.15) is 11.4 Å². The smallest absolute Gasteiger partial charge is 0.233 e. The molecule has 0 spiro atoms. The maximum absolute atomic E-state index is 6.18. The van der Waals surface area contributed by atoms with Crippen molar-refractivity contribution in [2.45, 2.75) is 32.6 Å². The lowest BCUT2D eigenvalue weighted by atomic mass is 10.2. The van der Waals surface area contributed by atoms with Gasteiger partial charge in [-0.25, -0.2) is 19.1 Å². The van der Waals surface area contributed by atoms with Gasteiger partial charge in [-0.1, -0.05) is 59.6 Å². The van der Waals surface area contributed by atoms with E-state index in [0.717, 1.165) is 50.4 Å². The Kier molecular flexibility index (Phi) is 20.0. The van der Waals surface area contributed by atoms with E-state index < -0.39 is 5.62 Å². The third-order valence-corrected chi connectivity index (χ3v) is 11.7. The number of aliphatic imine (C=N–C) groups is 2. The third-order valence-electron chi connectivity index (χ3n) is 11.2. The summed E-state index contributed by atoms with van der Waals surface area (Å²) in [5.41, 5.74) is 7.68. The Bertz CT molecular complexity index is 3140. The highest BCUT2D eigenvalue weighted by Gasteiger charge is 2.18. The molecular formula is C55H66Cl3N19+4. The molecule has 1 unspecified atom stereocenters. The number of hydrogen-bond donors (Lipinski definition) is 7. The molecule has 7 N–H and O–H groups in total. The molecule has 77 heavy (non-hydrogen) atoms. The zero-order valence-electron chi connectivity index (χ0n) is 44.4. The molecular weight excluding hydrogens is 1030 g/mol. The second-order valence-corrected chi connectivity index (χ2v) is 20.4. The fourth-order valence-electron chi connectivity index (χ4n) is 7.16. The van der Waals surface area contributed by atoms with Crippen molar-refractivity contribution in [2.75, 3.05) is 87.3 Å². The van der Waals surface area contributed by atoms with Gasteiger partial charge in [-0.05, 0) is 91.1 Å². The quantitative estimate of drug-likeness (QED) is 0.0210. The normalized spacial score (nSPS) is 12.9. The Labute approximate surface area is 465 Å². The SMILES string of the molecule is Cc1ccc(Nc2nc(Cl)nc(Nc3ccc([N+](C)(C)C)cc3)n2)cc1.Cc1cccc(NC2=NC(Cl)N=C(Nc3cccc([N+](C)(C)C)c3)N2)c1.Clc1nc(NCC[n+]2ccccc2)nc(NCC[n+]2ccccc2)n1. The van der Waals surface area contributed by atoms with Crippen molar-refractivity contribution in [3.8, 4) is 0 Å². The number of rotatable bonds is 16. The topological polar surface area (TPSA) is 194 Å². The number of aromatic nitrogens is 8. The molecule has 8 aromatic rings. The van der Waals surface area contributed by atoms with E-state index in [1.54, 1.807) is 0 Å². The number of anilines is 8. The van der Waals surface area contributed by atoms with Crippen LogP contribution in [0.3, 0.4) is 0 Å². The lowest BCUT2D eigenvalue weighted by Gasteiger charge is -2.24. The van der Waals surface area contributed by atoms with Gasteiger partial charge in [0.15, 0.2) is 37.9 Å². The van der Waals surface area contributed by atoms with Crippen molar-refractivity contribution < 1.29 is 9.13 Å². The van der Waals surface area contributed by atoms with Gasteiger partial charge in [0.05, 0.1) is 55.4 Å². The molecule has 0 amide bonds. The minimum atomic E-state index is -0.687. The standard InChI is InChI=1S/C19H22ClN6.C19H24ClN6.C17H20ClN7/c1-13-5-7-14(8-6-13)21-18-23-17(20)24-19(25-18)22-15-9-11-16(12-10-15)26(2,3)4;1-13-7-5-8-14(11-13)21-18-23-17(20)24-19(25-18)22-15-9-6-10-16(12-15)26(2,3)4;18-15-21-16(19-7-13-24-9-3-1-4-10-24)23-17(22-15)20-8-14-25-11-5-2-6-12-25/h5-12H,1-4H3,(H2,21,22,23,24,25);5-12,17H,1-4H3,(H3,21,22,23,24,25);1-6,9-12H,7-8,13-14H2,(H2,19,20,21,22,23)/q2*+1;+2. The van der Waals surface area contributed by atoms with E-state index in [0.29, 0.717) is 48.8 Å².